The first-order valence-corrected chi connectivity index (χ1v) is 5.40. The molecular weight excluding hydrogens is 224 g/mol. The molecule has 80 valence electrons. The van der Waals surface area contributed by atoms with Gasteiger partial charge in [-0.05, 0) is 17.7 Å². The minimum atomic E-state index is 0.0395. The number of carbonyl (C=O) groups is 1. The van der Waals surface area contributed by atoms with E-state index in [1.165, 1.54) is 0 Å². The van der Waals surface area contributed by atoms with E-state index >= 15 is 0 Å². The van der Waals surface area contributed by atoms with Gasteiger partial charge in [0.25, 0.3) is 0 Å². The van der Waals surface area contributed by atoms with Crippen LogP contribution in [0.3, 0.4) is 0 Å². The molecule has 4 heteroatoms. The van der Waals surface area contributed by atoms with Crippen LogP contribution in [0.1, 0.15) is 23.0 Å². The van der Waals surface area contributed by atoms with Gasteiger partial charge in [0.15, 0.2) is 5.78 Å². The van der Waals surface area contributed by atoms with Crippen molar-refractivity contribution in [2.45, 2.75) is 13.5 Å². The van der Waals surface area contributed by atoms with Crippen LogP contribution in [0.25, 0.3) is 11.4 Å². The van der Waals surface area contributed by atoms with Crippen molar-refractivity contribution in [3.8, 4) is 11.4 Å². The Labute approximate surface area is 97.7 Å². The second-order valence-electron chi connectivity index (χ2n) is 3.91. The molecule has 0 saturated heterocycles. The topological polar surface area (TPSA) is 34.9 Å². The predicted octanol–water partition coefficient (Wildman–Crippen LogP) is 2.77. The maximum Gasteiger partial charge on any atom is 0.177 e. The molecule has 3 nitrogen and oxygen atoms in total. The minimum Gasteiger partial charge on any atom is -0.317 e. The van der Waals surface area contributed by atoms with Gasteiger partial charge in [-0.15, -0.1) is 0 Å². The van der Waals surface area contributed by atoms with Crippen molar-refractivity contribution < 1.29 is 4.79 Å². The molecule has 0 amide bonds. The average Bonchev–Trinajstić information content (AvgIpc) is 2.76. The van der Waals surface area contributed by atoms with Gasteiger partial charge in [-0.3, -0.25) is 4.79 Å². The number of hydrogen-bond acceptors (Lipinski definition) is 2. The molecule has 0 unspecified atom stereocenters. The van der Waals surface area contributed by atoms with Crippen LogP contribution in [0.4, 0.5) is 0 Å². The van der Waals surface area contributed by atoms with Crippen molar-refractivity contribution in [2.24, 2.45) is 0 Å². The Kier molecular flexibility index (Phi) is 1.91. The molecule has 0 radical (unpaired) electrons. The summed E-state index contributed by atoms with van der Waals surface area (Å²) >= 11 is 5.96. The highest BCUT2D eigenvalue weighted by atomic mass is 35.5. The summed E-state index contributed by atoms with van der Waals surface area (Å²) < 4.78 is 1.93. The fraction of sp³-hybridized carbons (Fsp3) is 0.167. The van der Waals surface area contributed by atoms with E-state index in [0.717, 1.165) is 17.0 Å². The van der Waals surface area contributed by atoms with Crippen LogP contribution >= 0.6 is 11.6 Å². The Morgan fingerprint density at radius 2 is 2.31 bits per heavy atom. The van der Waals surface area contributed by atoms with Gasteiger partial charge in [0.2, 0.25) is 0 Å². The SMILES string of the molecule is CC(=O)c1cnc2n1Cc1ccc(Cl)cc1-2. The van der Waals surface area contributed by atoms with Crippen LogP contribution in [0.15, 0.2) is 24.4 Å². The molecule has 0 N–H and O–H groups in total. The number of Topliss-reactive ketones (excluding diaryl/α,β-unsaturated/α-hetero) is 1. The van der Waals surface area contributed by atoms with Crippen LogP contribution in [0, 0.1) is 0 Å². The summed E-state index contributed by atoms with van der Waals surface area (Å²) in [4.78, 5) is 15.7. The lowest BCUT2D eigenvalue weighted by atomic mass is 10.1. The zero-order chi connectivity index (χ0) is 11.3. The highest BCUT2D eigenvalue weighted by molar-refractivity contribution is 6.30. The molecular formula is C12H9ClN2O. The lowest BCUT2D eigenvalue weighted by Gasteiger charge is -1.99. The molecule has 1 aromatic carbocycles. The van der Waals surface area contributed by atoms with Crippen molar-refractivity contribution in [3.63, 3.8) is 0 Å². The van der Waals surface area contributed by atoms with Crippen LogP contribution in [0.5, 0.6) is 0 Å². The third-order valence-corrected chi connectivity index (χ3v) is 3.09. The summed E-state index contributed by atoms with van der Waals surface area (Å²) in [5.41, 5.74) is 2.84. The second-order valence-corrected chi connectivity index (χ2v) is 4.35. The van der Waals surface area contributed by atoms with Crippen molar-refractivity contribution in [1.29, 1.82) is 0 Å². The van der Waals surface area contributed by atoms with Crippen molar-refractivity contribution in [1.82, 2.24) is 9.55 Å². The van der Waals surface area contributed by atoms with Crippen LogP contribution < -0.4 is 0 Å². The number of imidazole rings is 1. The zero-order valence-electron chi connectivity index (χ0n) is 8.70. The third kappa shape index (κ3) is 1.21. The molecule has 0 saturated carbocycles. The first-order chi connectivity index (χ1) is 7.66. The summed E-state index contributed by atoms with van der Waals surface area (Å²) in [6.45, 7) is 2.26. The monoisotopic (exact) mass is 232 g/mol. The van der Waals surface area contributed by atoms with Crippen LogP contribution in [-0.2, 0) is 6.54 Å². The average molecular weight is 233 g/mol. The standard InChI is InChI=1S/C12H9ClN2O/c1-7(16)11-5-14-12-10-4-9(13)3-2-8(10)6-15(11)12/h2-5H,6H2,1H3. The molecule has 2 heterocycles. The largest absolute Gasteiger partial charge is 0.317 e. The smallest absolute Gasteiger partial charge is 0.177 e. The molecule has 1 aliphatic heterocycles. The Balaban J connectivity index is 2.22. The Bertz CT molecular complexity index is 601. The Hall–Kier alpha value is -1.61. The van der Waals surface area contributed by atoms with Gasteiger partial charge in [0.1, 0.15) is 11.5 Å². The summed E-state index contributed by atoms with van der Waals surface area (Å²) in [5, 5.41) is 0.694. The van der Waals surface area contributed by atoms with E-state index in [-0.39, 0.29) is 5.78 Å². The second kappa shape index (κ2) is 3.19. The summed E-state index contributed by atoms with van der Waals surface area (Å²) in [6, 6.07) is 5.74. The van der Waals surface area contributed by atoms with E-state index in [0.29, 0.717) is 17.3 Å². The number of aromatic nitrogens is 2. The van der Waals surface area contributed by atoms with Gasteiger partial charge in [-0.1, -0.05) is 17.7 Å². The van der Waals surface area contributed by atoms with Gasteiger partial charge in [-0.25, -0.2) is 4.98 Å². The normalized spacial score (nSPS) is 12.4. The highest BCUT2D eigenvalue weighted by Crippen LogP contribution is 2.33. The number of halogens is 1. The summed E-state index contributed by atoms with van der Waals surface area (Å²) in [7, 11) is 0. The van der Waals surface area contributed by atoms with Gasteiger partial charge in [0, 0.05) is 17.5 Å². The molecule has 1 aliphatic rings. The quantitative estimate of drug-likeness (QED) is 0.605. The fourth-order valence-corrected chi connectivity index (χ4v) is 2.27. The Morgan fingerprint density at radius 3 is 3.06 bits per heavy atom. The van der Waals surface area contributed by atoms with Crippen LogP contribution in [-0.4, -0.2) is 15.3 Å². The number of carbonyl (C=O) groups excluding carboxylic acids is 1. The zero-order valence-corrected chi connectivity index (χ0v) is 9.45. The van der Waals surface area contributed by atoms with E-state index in [1.807, 2.05) is 22.8 Å². The number of rotatable bonds is 1. The molecule has 16 heavy (non-hydrogen) atoms. The fourth-order valence-electron chi connectivity index (χ4n) is 2.10. The van der Waals surface area contributed by atoms with E-state index in [4.69, 9.17) is 11.6 Å². The first kappa shape index (κ1) is 9.60. The highest BCUT2D eigenvalue weighted by Gasteiger charge is 2.23. The van der Waals surface area contributed by atoms with Gasteiger partial charge < -0.3 is 4.57 Å². The van der Waals surface area contributed by atoms with E-state index in [1.54, 1.807) is 13.1 Å². The third-order valence-electron chi connectivity index (χ3n) is 2.86. The molecule has 1 aromatic heterocycles. The number of hydrogen-bond donors (Lipinski definition) is 0. The summed E-state index contributed by atoms with van der Waals surface area (Å²) in [6.07, 6.45) is 1.63. The summed E-state index contributed by atoms with van der Waals surface area (Å²) in [5.74, 6) is 0.875. The lowest BCUT2D eigenvalue weighted by molar-refractivity contribution is 0.101. The van der Waals surface area contributed by atoms with Crippen LogP contribution in [0.2, 0.25) is 5.02 Å². The predicted molar refractivity (Wildman–Crippen MR) is 61.8 cm³/mol. The molecule has 0 fully saturated rings. The van der Waals surface area contributed by atoms with Crippen molar-refractivity contribution in [3.05, 3.63) is 40.7 Å². The number of fused-ring (bicyclic) bond motifs is 3. The van der Waals surface area contributed by atoms with Crippen molar-refractivity contribution >= 4 is 17.4 Å². The number of benzene rings is 1. The van der Waals surface area contributed by atoms with Gasteiger partial charge in [0.05, 0.1) is 12.7 Å². The van der Waals surface area contributed by atoms with Crippen molar-refractivity contribution in [2.75, 3.05) is 0 Å². The molecule has 0 spiro atoms. The molecule has 3 rings (SSSR count). The van der Waals surface area contributed by atoms with E-state index in [9.17, 15) is 4.79 Å². The number of ketones is 1. The van der Waals surface area contributed by atoms with Gasteiger partial charge in [-0.2, -0.15) is 0 Å². The maximum atomic E-state index is 11.4. The number of nitrogens with zero attached hydrogens (tertiary/aromatic N) is 2. The van der Waals surface area contributed by atoms with E-state index < -0.39 is 0 Å². The first-order valence-electron chi connectivity index (χ1n) is 5.02. The molecule has 0 atom stereocenters. The Morgan fingerprint density at radius 1 is 1.50 bits per heavy atom. The maximum absolute atomic E-state index is 11.4. The molecule has 0 bridgehead atoms. The lowest BCUT2D eigenvalue weighted by Crippen LogP contribution is -2.03. The molecule has 0 aliphatic carbocycles. The van der Waals surface area contributed by atoms with E-state index in [2.05, 4.69) is 4.98 Å². The molecule has 2 aromatic rings. The van der Waals surface area contributed by atoms with Gasteiger partial charge >= 0.3 is 0 Å². The minimum absolute atomic E-state index is 0.0395.